The van der Waals surface area contributed by atoms with Crippen LogP contribution >= 0.6 is 0 Å². The van der Waals surface area contributed by atoms with Crippen molar-refractivity contribution in [3.63, 3.8) is 0 Å². The van der Waals surface area contributed by atoms with Crippen molar-refractivity contribution in [2.24, 2.45) is 0 Å². The standard InChI is InChI=1S/C64H52BN5/c1-41-27-31-51(32-28-41)68(52-33-29-42(2)30-34-52)53-39-58-62-59(40-53)67-46(6)44(4)61-57(70(49-23-15-9-16-24-49)50-25-17-10-18-26-50)38-36-55(64(61)67)65(62)54-35-37-56(60-43(3)45(5)66(58)63(54)60)69(47-19-11-7-12-20-47)48-21-13-8-14-22-48/h7-40H,1-6H3. The van der Waals surface area contributed by atoms with Gasteiger partial charge in [0.2, 0.25) is 0 Å². The summed E-state index contributed by atoms with van der Waals surface area (Å²) in [5.41, 5.74) is 26.7. The lowest BCUT2D eigenvalue weighted by atomic mass is 9.34. The van der Waals surface area contributed by atoms with Gasteiger partial charge >= 0.3 is 0 Å². The lowest BCUT2D eigenvalue weighted by Crippen LogP contribution is -2.59. The van der Waals surface area contributed by atoms with E-state index in [-0.39, 0.29) is 6.71 Å². The highest BCUT2D eigenvalue weighted by molar-refractivity contribution is 7.00. The maximum absolute atomic E-state index is 2.60. The van der Waals surface area contributed by atoms with Gasteiger partial charge in [-0.05, 0) is 166 Å². The summed E-state index contributed by atoms with van der Waals surface area (Å²) in [4.78, 5) is 7.34. The summed E-state index contributed by atoms with van der Waals surface area (Å²) < 4.78 is 5.21. The van der Waals surface area contributed by atoms with Gasteiger partial charge in [-0.25, -0.2) is 0 Å². The third kappa shape index (κ3) is 6.19. The summed E-state index contributed by atoms with van der Waals surface area (Å²) in [7, 11) is 0. The Morgan fingerprint density at radius 2 is 0.657 bits per heavy atom. The average Bonchev–Trinajstić information content (AvgIpc) is 3.82. The minimum absolute atomic E-state index is 0.0365. The summed E-state index contributed by atoms with van der Waals surface area (Å²) >= 11 is 0. The van der Waals surface area contributed by atoms with Crippen LogP contribution in [0, 0.1) is 41.5 Å². The van der Waals surface area contributed by atoms with Gasteiger partial charge in [0.1, 0.15) is 0 Å². The first-order valence-electron chi connectivity index (χ1n) is 24.5. The fraction of sp³-hybridized carbons (Fsp3) is 0.0938. The van der Waals surface area contributed by atoms with Gasteiger partial charge in [0.25, 0.3) is 6.71 Å². The predicted octanol–water partition coefficient (Wildman–Crippen LogP) is 15.0. The number of rotatable bonds is 9. The van der Waals surface area contributed by atoms with Gasteiger partial charge in [-0.1, -0.05) is 120 Å². The Morgan fingerprint density at radius 1 is 0.329 bits per heavy atom. The molecule has 0 amide bonds. The van der Waals surface area contributed by atoms with Gasteiger partial charge in [-0.3, -0.25) is 0 Å². The molecule has 11 aromatic rings. The van der Waals surface area contributed by atoms with Gasteiger partial charge in [0.15, 0.2) is 0 Å². The Morgan fingerprint density at radius 3 is 1.00 bits per heavy atom. The fourth-order valence-corrected chi connectivity index (χ4v) is 11.8. The van der Waals surface area contributed by atoms with Crippen LogP contribution in [-0.2, 0) is 0 Å². The van der Waals surface area contributed by atoms with Gasteiger partial charge in [-0.15, -0.1) is 0 Å². The van der Waals surface area contributed by atoms with Crippen molar-refractivity contribution in [3.8, 4) is 11.4 Å². The van der Waals surface area contributed by atoms with E-state index in [9.17, 15) is 0 Å². The number of hydrogen-bond donors (Lipinski definition) is 0. The second kappa shape index (κ2) is 16.1. The molecule has 0 saturated carbocycles. The van der Waals surface area contributed by atoms with E-state index in [0.717, 1.165) is 39.8 Å². The second-order valence-electron chi connectivity index (χ2n) is 19.2. The van der Waals surface area contributed by atoms with Gasteiger partial charge in [-0.2, -0.15) is 0 Å². The van der Waals surface area contributed by atoms with Crippen LogP contribution in [0.15, 0.2) is 206 Å². The van der Waals surface area contributed by atoms with Crippen LogP contribution in [0.2, 0.25) is 0 Å². The molecule has 5 nitrogen and oxygen atoms in total. The van der Waals surface area contributed by atoms with Crippen LogP contribution in [-0.4, -0.2) is 15.8 Å². The monoisotopic (exact) mass is 901 g/mol. The molecule has 0 bridgehead atoms. The van der Waals surface area contributed by atoms with Crippen molar-refractivity contribution in [2.75, 3.05) is 14.7 Å². The summed E-state index contributed by atoms with van der Waals surface area (Å²) in [5.74, 6) is 0. The number of fused-ring (bicyclic) bond motifs is 4. The van der Waals surface area contributed by atoms with Crippen molar-refractivity contribution < 1.29 is 0 Å². The Balaban J connectivity index is 1.16. The molecule has 2 aromatic heterocycles. The summed E-state index contributed by atoms with van der Waals surface area (Å²) in [6, 6.07) is 76.0. The van der Waals surface area contributed by atoms with Crippen molar-refractivity contribution >= 4 is 96.1 Å². The zero-order valence-electron chi connectivity index (χ0n) is 40.4. The minimum Gasteiger partial charge on any atom is -0.314 e. The number of nitrogens with zero attached hydrogens (tertiary/aromatic N) is 5. The molecule has 9 aromatic carbocycles. The minimum atomic E-state index is -0.0365. The molecule has 0 N–H and O–H groups in total. The molecule has 13 rings (SSSR count). The molecular formula is C64H52BN5. The highest BCUT2D eigenvalue weighted by Crippen LogP contribution is 2.48. The quantitative estimate of drug-likeness (QED) is 0.135. The first-order valence-corrected chi connectivity index (χ1v) is 24.5. The number of aromatic nitrogens is 2. The maximum Gasteiger partial charge on any atom is 0.252 e. The highest BCUT2D eigenvalue weighted by atomic mass is 15.2. The Labute approximate surface area is 410 Å². The highest BCUT2D eigenvalue weighted by Gasteiger charge is 2.43. The molecule has 0 spiro atoms. The summed E-state index contributed by atoms with van der Waals surface area (Å²) in [5, 5.41) is 2.55. The van der Waals surface area contributed by atoms with Crippen LogP contribution < -0.4 is 31.1 Å². The Hall–Kier alpha value is -8.48. The lowest BCUT2D eigenvalue weighted by molar-refractivity contribution is 1.01. The molecule has 70 heavy (non-hydrogen) atoms. The fourth-order valence-electron chi connectivity index (χ4n) is 11.8. The molecule has 0 fully saturated rings. The molecule has 0 unspecified atom stereocenters. The van der Waals surface area contributed by atoms with Crippen molar-refractivity contribution in [1.82, 2.24) is 9.13 Å². The third-order valence-electron chi connectivity index (χ3n) is 15.2. The van der Waals surface area contributed by atoms with E-state index in [0.29, 0.717) is 0 Å². The zero-order chi connectivity index (χ0) is 47.4. The number of hydrogen-bond acceptors (Lipinski definition) is 3. The van der Waals surface area contributed by atoms with Crippen LogP contribution in [0.5, 0.6) is 0 Å². The maximum atomic E-state index is 2.60. The van der Waals surface area contributed by atoms with Crippen LogP contribution in [0.4, 0.5) is 51.2 Å². The van der Waals surface area contributed by atoms with Crippen molar-refractivity contribution in [1.29, 1.82) is 0 Å². The molecule has 4 heterocycles. The lowest BCUT2D eigenvalue weighted by Gasteiger charge is -2.37. The summed E-state index contributed by atoms with van der Waals surface area (Å²) in [6.45, 7) is 13.6. The van der Waals surface area contributed by atoms with Crippen LogP contribution in [0.3, 0.4) is 0 Å². The van der Waals surface area contributed by atoms with Crippen molar-refractivity contribution in [2.45, 2.75) is 41.5 Å². The summed E-state index contributed by atoms with van der Waals surface area (Å²) in [6.07, 6.45) is 0. The van der Waals surface area contributed by atoms with E-state index in [4.69, 9.17) is 0 Å². The first-order chi connectivity index (χ1) is 34.3. The van der Waals surface area contributed by atoms with Gasteiger partial charge < -0.3 is 23.8 Å². The Bertz CT molecular complexity index is 3490. The number of para-hydroxylation sites is 4. The third-order valence-corrected chi connectivity index (χ3v) is 15.2. The zero-order valence-corrected chi connectivity index (χ0v) is 40.4. The van der Waals surface area contributed by atoms with E-state index in [1.165, 1.54) is 94.6 Å². The first kappa shape index (κ1) is 41.7. The number of anilines is 9. The molecule has 6 heteroatoms. The molecule has 0 saturated heterocycles. The van der Waals surface area contributed by atoms with E-state index >= 15 is 0 Å². The normalized spacial score (nSPS) is 12.1. The van der Waals surface area contributed by atoms with Crippen molar-refractivity contribution in [3.05, 3.63) is 240 Å². The van der Waals surface area contributed by atoms with E-state index in [1.54, 1.807) is 0 Å². The molecule has 0 aliphatic carbocycles. The van der Waals surface area contributed by atoms with E-state index < -0.39 is 0 Å². The molecule has 2 aliphatic rings. The average molecular weight is 902 g/mol. The van der Waals surface area contributed by atoms with Gasteiger partial charge in [0.05, 0.1) is 28.1 Å². The number of benzene rings is 9. The topological polar surface area (TPSA) is 19.6 Å². The SMILES string of the molecule is Cc1ccc(N(c2ccc(C)cc2)c2cc3c4c(c2)-n2c(C)c(C)c5c(N(c6ccccc6)c6ccccc6)ccc(c52)B4c2ccc(N(c4ccccc4)c4ccccc4)c4c(C)c(C)n-3c24)cc1. The van der Waals surface area contributed by atoms with E-state index in [1.807, 2.05) is 0 Å². The van der Waals surface area contributed by atoms with Crippen LogP contribution in [0.25, 0.3) is 33.2 Å². The van der Waals surface area contributed by atoms with Gasteiger partial charge in [0, 0.05) is 67.7 Å². The molecule has 0 atom stereocenters. The molecule has 2 aliphatic heterocycles. The molecule has 0 radical (unpaired) electrons. The predicted molar refractivity (Wildman–Crippen MR) is 297 cm³/mol. The molecular weight excluding hydrogens is 850 g/mol. The number of aryl methyl sites for hydroxylation is 4. The second-order valence-corrected chi connectivity index (χ2v) is 19.2. The van der Waals surface area contributed by atoms with E-state index in [2.05, 4.69) is 272 Å². The largest absolute Gasteiger partial charge is 0.314 e. The Kier molecular flexibility index (Phi) is 9.57. The smallest absolute Gasteiger partial charge is 0.252 e. The van der Waals surface area contributed by atoms with Crippen LogP contribution in [0.1, 0.15) is 33.6 Å². The molecule has 336 valence electrons.